The lowest BCUT2D eigenvalue weighted by atomic mass is 10.2. The van der Waals surface area contributed by atoms with E-state index in [1.165, 1.54) is 6.92 Å². The topological polar surface area (TPSA) is 102 Å². The fourth-order valence-corrected chi connectivity index (χ4v) is 1.73. The van der Waals surface area contributed by atoms with Crippen LogP contribution in [-0.4, -0.2) is 22.0 Å². The van der Waals surface area contributed by atoms with E-state index in [0.29, 0.717) is 5.75 Å². The van der Waals surface area contributed by atoms with E-state index in [2.05, 4.69) is 5.32 Å². The number of carbonyl (C=O) groups is 1. The van der Waals surface area contributed by atoms with E-state index < -0.39 is 16.9 Å². The van der Waals surface area contributed by atoms with E-state index in [0.717, 1.165) is 18.2 Å². The van der Waals surface area contributed by atoms with E-state index >= 15 is 0 Å². The molecule has 0 aliphatic rings. The van der Waals surface area contributed by atoms with Crippen molar-refractivity contribution in [3.8, 4) is 11.5 Å². The Kier molecular flexibility index (Phi) is 4.57. The predicted octanol–water partition coefficient (Wildman–Crippen LogP) is 2.71. The zero-order valence-electron chi connectivity index (χ0n) is 11.7. The molecule has 0 fully saturated rings. The Morgan fingerprint density at radius 3 is 2.59 bits per heavy atom. The highest BCUT2D eigenvalue weighted by atomic mass is 16.6. The van der Waals surface area contributed by atoms with Crippen molar-refractivity contribution >= 4 is 17.3 Å². The van der Waals surface area contributed by atoms with Gasteiger partial charge in [0.15, 0.2) is 6.10 Å². The van der Waals surface area contributed by atoms with Gasteiger partial charge in [-0.2, -0.15) is 0 Å². The average Bonchev–Trinajstić information content (AvgIpc) is 2.50. The first kappa shape index (κ1) is 15.3. The zero-order valence-corrected chi connectivity index (χ0v) is 11.7. The molecule has 0 heterocycles. The molecule has 0 saturated carbocycles. The Labute approximate surface area is 126 Å². The molecule has 0 aliphatic carbocycles. The second-order valence-electron chi connectivity index (χ2n) is 4.52. The number of para-hydroxylation sites is 1. The third-order valence-corrected chi connectivity index (χ3v) is 2.87. The maximum atomic E-state index is 12.0. The smallest absolute Gasteiger partial charge is 0.271 e. The van der Waals surface area contributed by atoms with E-state index in [1.807, 2.05) is 6.07 Å². The zero-order chi connectivity index (χ0) is 16.1. The third kappa shape index (κ3) is 3.72. The summed E-state index contributed by atoms with van der Waals surface area (Å²) in [5, 5.41) is 22.8. The number of nitrogens with one attached hydrogen (secondary N) is 1. The molecule has 1 amide bonds. The average molecular weight is 302 g/mol. The number of nitro benzene ring substituents is 1. The molecule has 2 N–H and O–H groups in total. The number of hydrogen-bond donors (Lipinski definition) is 2. The van der Waals surface area contributed by atoms with Gasteiger partial charge in [-0.15, -0.1) is 0 Å². The number of nitro groups is 1. The van der Waals surface area contributed by atoms with Gasteiger partial charge in [-0.1, -0.05) is 18.2 Å². The minimum Gasteiger partial charge on any atom is -0.506 e. The first-order chi connectivity index (χ1) is 10.5. The number of carbonyl (C=O) groups excluding carboxylic acids is 1. The minimum atomic E-state index is -0.832. The van der Waals surface area contributed by atoms with Crippen LogP contribution >= 0.6 is 0 Å². The second-order valence-corrected chi connectivity index (χ2v) is 4.52. The number of phenols is 1. The summed E-state index contributed by atoms with van der Waals surface area (Å²) in [6, 6.07) is 12.1. The molecule has 0 aliphatic heterocycles. The number of hydrogen-bond acceptors (Lipinski definition) is 5. The normalized spacial score (nSPS) is 11.5. The molecule has 0 bridgehead atoms. The van der Waals surface area contributed by atoms with E-state index in [-0.39, 0.29) is 17.1 Å². The van der Waals surface area contributed by atoms with Crippen molar-refractivity contribution in [2.75, 3.05) is 5.32 Å². The predicted molar refractivity (Wildman–Crippen MR) is 79.9 cm³/mol. The Morgan fingerprint density at radius 1 is 1.27 bits per heavy atom. The van der Waals surface area contributed by atoms with E-state index in [4.69, 9.17) is 4.74 Å². The number of phenolic OH excluding ortho intramolecular Hbond substituents is 1. The van der Waals surface area contributed by atoms with Gasteiger partial charge in [0.25, 0.3) is 11.6 Å². The minimum absolute atomic E-state index is 0.0392. The lowest BCUT2D eigenvalue weighted by Gasteiger charge is -2.15. The first-order valence-corrected chi connectivity index (χ1v) is 6.47. The van der Waals surface area contributed by atoms with Crippen LogP contribution < -0.4 is 10.1 Å². The monoisotopic (exact) mass is 302 g/mol. The van der Waals surface area contributed by atoms with Crippen LogP contribution in [0.25, 0.3) is 0 Å². The molecule has 7 nitrogen and oxygen atoms in total. The molecule has 0 radical (unpaired) electrons. The molecule has 2 rings (SSSR count). The van der Waals surface area contributed by atoms with Crippen molar-refractivity contribution in [3.63, 3.8) is 0 Å². The fourth-order valence-electron chi connectivity index (χ4n) is 1.73. The third-order valence-electron chi connectivity index (χ3n) is 2.87. The Bertz CT molecular complexity index is 688. The van der Waals surface area contributed by atoms with Crippen molar-refractivity contribution in [1.82, 2.24) is 0 Å². The Morgan fingerprint density at radius 2 is 1.95 bits per heavy atom. The van der Waals surface area contributed by atoms with Crippen molar-refractivity contribution < 1.29 is 19.6 Å². The largest absolute Gasteiger partial charge is 0.506 e. The van der Waals surface area contributed by atoms with Crippen LogP contribution in [0.15, 0.2) is 48.5 Å². The summed E-state index contributed by atoms with van der Waals surface area (Å²) < 4.78 is 5.44. The molecule has 114 valence electrons. The van der Waals surface area contributed by atoms with Gasteiger partial charge in [0.2, 0.25) is 0 Å². The number of amides is 1. The SMILES string of the molecule is C[C@@H](Oc1ccccc1)C(=O)Nc1cc([N+](=O)[O-])ccc1O. The van der Waals surface area contributed by atoms with Gasteiger partial charge in [-0.05, 0) is 25.1 Å². The van der Waals surface area contributed by atoms with Crippen LogP contribution in [0.4, 0.5) is 11.4 Å². The second kappa shape index (κ2) is 6.57. The molecule has 0 spiro atoms. The number of aromatic hydroxyl groups is 1. The highest BCUT2D eigenvalue weighted by molar-refractivity contribution is 5.95. The summed E-state index contributed by atoms with van der Waals surface area (Å²) in [5.41, 5.74) is -0.271. The maximum Gasteiger partial charge on any atom is 0.271 e. The maximum absolute atomic E-state index is 12.0. The molecule has 0 aromatic heterocycles. The molecule has 22 heavy (non-hydrogen) atoms. The van der Waals surface area contributed by atoms with Gasteiger partial charge in [0.1, 0.15) is 11.5 Å². The molecule has 2 aromatic carbocycles. The summed E-state index contributed by atoms with van der Waals surface area (Å²) in [5.74, 6) is -0.265. The summed E-state index contributed by atoms with van der Waals surface area (Å²) in [6.07, 6.45) is -0.832. The number of nitrogens with zero attached hydrogens (tertiary/aromatic N) is 1. The van der Waals surface area contributed by atoms with Gasteiger partial charge in [-0.3, -0.25) is 14.9 Å². The number of ether oxygens (including phenoxy) is 1. The number of non-ortho nitro benzene ring substituents is 1. The Hall–Kier alpha value is -3.09. The first-order valence-electron chi connectivity index (χ1n) is 6.47. The number of rotatable bonds is 5. The van der Waals surface area contributed by atoms with Gasteiger partial charge in [0.05, 0.1) is 10.6 Å². The molecule has 1 atom stereocenters. The highest BCUT2D eigenvalue weighted by Gasteiger charge is 2.18. The van der Waals surface area contributed by atoms with Gasteiger partial charge in [-0.25, -0.2) is 0 Å². The molecule has 0 unspecified atom stereocenters. The molecule has 7 heteroatoms. The Balaban J connectivity index is 2.08. The molecular weight excluding hydrogens is 288 g/mol. The quantitative estimate of drug-likeness (QED) is 0.502. The van der Waals surface area contributed by atoms with Crippen LogP contribution in [-0.2, 0) is 4.79 Å². The van der Waals surface area contributed by atoms with Gasteiger partial charge >= 0.3 is 0 Å². The number of anilines is 1. The van der Waals surface area contributed by atoms with Crippen molar-refractivity contribution in [3.05, 3.63) is 58.6 Å². The van der Waals surface area contributed by atoms with Gasteiger partial charge < -0.3 is 15.2 Å². The van der Waals surface area contributed by atoms with Gasteiger partial charge in [0, 0.05) is 12.1 Å². The summed E-state index contributed by atoms with van der Waals surface area (Å²) in [7, 11) is 0. The van der Waals surface area contributed by atoms with Crippen LogP contribution in [0.3, 0.4) is 0 Å². The summed E-state index contributed by atoms with van der Waals surface area (Å²) in [4.78, 5) is 22.1. The van der Waals surface area contributed by atoms with Crippen LogP contribution in [0, 0.1) is 10.1 Å². The van der Waals surface area contributed by atoms with Crippen molar-refractivity contribution in [2.24, 2.45) is 0 Å². The van der Waals surface area contributed by atoms with Crippen LogP contribution in [0.1, 0.15) is 6.92 Å². The van der Waals surface area contributed by atoms with Crippen molar-refractivity contribution in [2.45, 2.75) is 13.0 Å². The lowest BCUT2D eigenvalue weighted by Crippen LogP contribution is -2.30. The van der Waals surface area contributed by atoms with Crippen molar-refractivity contribution in [1.29, 1.82) is 0 Å². The van der Waals surface area contributed by atoms with Crippen LogP contribution in [0.2, 0.25) is 0 Å². The van der Waals surface area contributed by atoms with E-state index in [1.54, 1.807) is 24.3 Å². The molecular formula is C15H14N2O5. The summed E-state index contributed by atoms with van der Waals surface area (Å²) in [6.45, 7) is 1.54. The lowest BCUT2D eigenvalue weighted by molar-refractivity contribution is -0.384. The highest BCUT2D eigenvalue weighted by Crippen LogP contribution is 2.28. The van der Waals surface area contributed by atoms with E-state index in [9.17, 15) is 20.0 Å². The molecule has 2 aromatic rings. The fraction of sp³-hybridized carbons (Fsp3) is 0.133. The number of benzene rings is 2. The van der Waals surface area contributed by atoms with Crippen LogP contribution in [0.5, 0.6) is 11.5 Å². The summed E-state index contributed by atoms with van der Waals surface area (Å²) >= 11 is 0. The molecule has 0 saturated heterocycles. The standard InChI is InChI=1S/C15H14N2O5/c1-10(22-12-5-3-2-4-6-12)15(19)16-13-9-11(17(20)21)7-8-14(13)18/h2-10,18H,1H3,(H,16,19)/t10-/m1/s1.